The Balaban J connectivity index is 1.94. The minimum Gasteiger partial charge on any atom is -0.465 e. The summed E-state index contributed by atoms with van der Waals surface area (Å²) >= 11 is 0. The first-order valence-electron chi connectivity index (χ1n) is 7.67. The van der Waals surface area contributed by atoms with Crippen molar-refractivity contribution in [3.05, 3.63) is 29.8 Å². The third kappa shape index (κ3) is 4.45. The van der Waals surface area contributed by atoms with E-state index in [1.54, 1.807) is 12.1 Å². The van der Waals surface area contributed by atoms with Gasteiger partial charge in [0.1, 0.15) is 0 Å². The fourth-order valence-electron chi connectivity index (χ4n) is 2.75. The molecule has 24 heavy (non-hydrogen) atoms. The summed E-state index contributed by atoms with van der Waals surface area (Å²) in [4.78, 5) is 38.0. The highest BCUT2D eigenvalue weighted by atomic mass is 16.5. The number of benzene rings is 1. The zero-order valence-electron chi connectivity index (χ0n) is 13.8. The van der Waals surface area contributed by atoms with Crippen LogP contribution in [0.4, 0.5) is 10.5 Å². The Hall–Kier alpha value is -2.61. The molecule has 1 saturated heterocycles. The number of imide groups is 1. The third-order valence-corrected chi connectivity index (χ3v) is 4.03. The van der Waals surface area contributed by atoms with Crippen molar-refractivity contribution in [3.8, 4) is 0 Å². The fourth-order valence-corrected chi connectivity index (χ4v) is 2.75. The molecule has 0 unspecified atom stereocenters. The molecule has 130 valence electrons. The average Bonchev–Trinajstić information content (AvgIpc) is 2.55. The Morgan fingerprint density at radius 1 is 1.25 bits per heavy atom. The van der Waals surface area contributed by atoms with Gasteiger partial charge in [0.05, 0.1) is 19.2 Å². The van der Waals surface area contributed by atoms with E-state index in [1.807, 2.05) is 24.0 Å². The number of carbonyl (C=O) groups excluding carboxylic acids is 3. The second kappa shape index (κ2) is 7.78. The molecular formula is C16H22N4O4. The van der Waals surface area contributed by atoms with Crippen molar-refractivity contribution in [2.45, 2.75) is 13.0 Å². The number of methoxy groups -OCH3 is 1. The lowest BCUT2D eigenvalue weighted by molar-refractivity contribution is -0.121. The molecule has 1 heterocycles. The summed E-state index contributed by atoms with van der Waals surface area (Å²) in [7, 11) is 1.35. The van der Waals surface area contributed by atoms with Gasteiger partial charge in [0, 0.05) is 31.4 Å². The number of rotatable bonds is 4. The number of carbonyl (C=O) groups is 3. The number of nitrogens with zero attached hydrogens (tertiary/aromatic N) is 2. The zero-order chi connectivity index (χ0) is 17.7. The molecule has 8 heteroatoms. The lowest BCUT2D eigenvalue weighted by Gasteiger charge is -2.40. The largest absolute Gasteiger partial charge is 0.465 e. The summed E-state index contributed by atoms with van der Waals surface area (Å²) in [5, 5.41) is 2.08. The number of amides is 3. The van der Waals surface area contributed by atoms with E-state index in [0.717, 1.165) is 18.8 Å². The number of esters is 1. The molecule has 2 rings (SSSR count). The Morgan fingerprint density at radius 2 is 1.92 bits per heavy atom. The molecule has 0 bridgehead atoms. The number of ether oxygens (including phenoxy) is 1. The smallest absolute Gasteiger partial charge is 0.337 e. The molecule has 1 atom stereocenters. The maximum absolute atomic E-state index is 11.6. The SMILES string of the molecule is COC(=O)c1ccc(N2CCN(CC(=O)NC(N)=O)[C@@H](C)C2)cc1. The minimum absolute atomic E-state index is 0.137. The van der Waals surface area contributed by atoms with Crippen LogP contribution in [0.1, 0.15) is 17.3 Å². The van der Waals surface area contributed by atoms with E-state index < -0.39 is 11.9 Å². The Bertz CT molecular complexity index is 617. The predicted octanol–water partition coefficient (Wildman–Crippen LogP) is 0.179. The monoisotopic (exact) mass is 334 g/mol. The van der Waals surface area contributed by atoms with Gasteiger partial charge in [0.25, 0.3) is 0 Å². The van der Waals surface area contributed by atoms with Crippen LogP contribution in [0.5, 0.6) is 0 Å². The van der Waals surface area contributed by atoms with Crippen LogP contribution >= 0.6 is 0 Å². The average molecular weight is 334 g/mol. The number of anilines is 1. The van der Waals surface area contributed by atoms with Gasteiger partial charge in [-0.25, -0.2) is 9.59 Å². The van der Waals surface area contributed by atoms with Crippen LogP contribution in [0.15, 0.2) is 24.3 Å². The molecule has 1 fully saturated rings. The molecular weight excluding hydrogens is 312 g/mol. The summed E-state index contributed by atoms with van der Waals surface area (Å²) in [5.41, 5.74) is 6.46. The fraction of sp³-hybridized carbons (Fsp3) is 0.438. The lowest BCUT2D eigenvalue weighted by Crippen LogP contribution is -2.55. The third-order valence-electron chi connectivity index (χ3n) is 4.03. The molecule has 3 N–H and O–H groups in total. The summed E-state index contributed by atoms with van der Waals surface area (Å²) in [6.45, 7) is 4.32. The summed E-state index contributed by atoms with van der Waals surface area (Å²) in [6, 6.07) is 6.54. The highest BCUT2D eigenvalue weighted by molar-refractivity contribution is 5.94. The zero-order valence-corrected chi connectivity index (χ0v) is 13.8. The van der Waals surface area contributed by atoms with Crippen molar-refractivity contribution < 1.29 is 19.1 Å². The summed E-state index contributed by atoms with van der Waals surface area (Å²) < 4.78 is 4.69. The van der Waals surface area contributed by atoms with Gasteiger partial charge in [-0.2, -0.15) is 0 Å². The number of piperazine rings is 1. The van der Waals surface area contributed by atoms with Crippen molar-refractivity contribution in [1.82, 2.24) is 10.2 Å². The van der Waals surface area contributed by atoms with Gasteiger partial charge in [-0.3, -0.25) is 15.0 Å². The van der Waals surface area contributed by atoms with Crippen LogP contribution in [0.2, 0.25) is 0 Å². The van der Waals surface area contributed by atoms with Gasteiger partial charge in [-0.05, 0) is 31.2 Å². The van der Waals surface area contributed by atoms with Crippen molar-refractivity contribution in [3.63, 3.8) is 0 Å². The standard InChI is InChI=1S/C16H22N4O4/c1-11-9-20(8-7-19(11)10-14(21)18-16(17)23)13-5-3-12(4-6-13)15(22)24-2/h3-6,11H,7-10H2,1-2H3,(H3,17,18,21,23)/t11-/m0/s1. The minimum atomic E-state index is -0.836. The van der Waals surface area contributed by atoms with Gasteiger partial charge in [0.15, 0.2) is 0 Å². The molecule has 1 aliphatic rings. The van der Waals surface area contributed by atoms with Crippen LogP contribution < -0.4 is 16.0 Å². The highest BCUT2D eigenvalue weighted by Gasteiger charge is 2.25. The van der Waals surface area contributed by atoms with E-state index in [9.17, 15) is 14.4 Å². The van der Waals surface area contributed by atoms with Crippen LogP contribution in [0.3, 0.4) is 0 Å². The van der Waals surface area contributed by atoms with Crippen LogP contribution in [0, 0.1) is 0 Å². The van der Waals surface area contributed by atoms with Crippen molar-refractivity contribution >= 4 is 23.6 Å². The number of nitrogens with one attached hydrogen (secondary N) is 1. The number of nitrogens with two attached hydrogens (primary N) is 1. The van der Waals surface area contributed by atoms with Crippen molar-refractivity contribution in [2.75, 3.05) is 38.2 Å². The van der Waals surface area contributed by atoms with E-state index in [4.69, 9.17) is 5.73 Å². The van der Waals surface area contributed by atoms with E-state index in [0.29, 0.717) is 12.1 Å². The second-order valence-electron chi connectivity index (χ2n) is 5.72. The van der Waals surface area contributed by atoms with Gasteiger partial charge in [0.2, 0.25) is 5.91 Å². The first-order valence-corrected chi connectivity index (χ1v) is 7.67. The normalized spacial score (nSPS) is 18.1. The maximum Gasteiger partial charge on any atom is 0.337 e. The topological polar surface area (TPSA) is 105 Å². The Labute approximate surface area is 140 Å². The molecule has 3 amide bonds. The van der Waals surface area contributed by atoms with E-state index in [-0.39, 0.29) is 18.6 Å². The van der Waals surface area contributed by atoms with E-state index >= 15 is 0 Å². The quantitative estimate of drug-likeness (QED) is 0.761. The van der Waals surface area contributed by atoms with Gasteiger partial charge < -0.3 is 15.4 Å². The molecule has 0 saturated carbocycles. The maximum atomic E-state index is 11.6. The molecule has 1 aromatic carbocycles. The lowest BCUT2D eigenvalue weighted by atomic mass is 10.1. The predicted molar refractivity (Wildman–Crippen MR) is 88.8 cm³/mol. The Morgan fingerprint density at radius 3 is 2.46 bits per heavy atom. The number of hydrogen-bond acceptors (Lipinski definition) is 6. The molecule has 8 nitrogen and oxygen atoms in total. The first-order chi connectivity index (χ1) is 11.4. The van der Waals surface area contributed by atoms with Crippen LogP contribution in [-0.4, -0.2) is 62.1 Å². The second-order valence-corrected chi connectivity index (χ2v) is 5.72. The molecule has 0 aliphatic carbocycles. The van der Waals surface area contributed by atoms with Crippen molar-refractivity contribution in [1.29, 1.82) is 0 Å². The molecule has 0 spiro atoms. The van der Waals surface area contributed by atoms with Crippen molar-refractivity contribution in [2.24, 2.45) is 5.73 Å². The van der Waals surface area contributed by atoms with Gasteiger partial charge in [-0.15, -0.1) is 0 Å². The molecule has 1 aromatic rings. The Kier molecular flexibility index (Phi) is 5.75. The van der Waals surface area contributed by atoms with Crippen LogP contribution in [-0.2, 0) is 9.53 Å². The summed E-state index contributed by atoms with van der Waals surface area (Å²) in [5.74, 6) is -0.759. The van der Waals surface area contributed by atoms with Crippen LogP contribution in [0.25, 0.3) is 0 Å². The molecule has 0 radical (unpaired) electrons. The first kappa shape index (κ1) is 17.7. The number of hydrogen-bond donors (Lipinski definition) is 2. The summed E-state index contributed by atoms with van der Waals surface area (Å²) in [6.07, 6.45) is 0. The van der Waals surface area contributed by atoms with E-state index in [2.05, 4.69) is 15.0 Å². The highest BCUT2D eigenvalue weighted by Crippen LogP contribution is 2.20. The van der Waals surface area contributed by atoms with Gasteiger partial charge in [-0.1, -0.05) is 0 Å². The van der Waals surface area contributed by atoms with Gasteiger partial charge >= 0.3 is 12.0 Å². The van der Waals surface area contributed by atoms with E-state index in [1.165, 1.54) is 7.11 Å². The number of primary amides is 1. The molecule has 0 aromatic heterocycles. The molecule has 1 aliphatic heterocycles. The number of urea groups is 1.